The van der Waals surface area contributed by atoms with E-state index in [0.29, 0.717) is 16.9 Å². The molecule has 25 heavy (non-hydrogen) atoms. The topological polar surface area (TPSA) is 80.1 Å². The third-order valence-corrected chi connectivity index (χ3v) is 4.45. The van der Waals surface area contributed by atoms with Gasteiger partial charge in [0.15, 0.2) is 0 Å². The molecule has 2 aliphatic heterocycles. The quantitative estimate of drug-likeness (QED) is 0.365. The fraction of sp³-hybridized carbons (Fsp3) is 0. The van der Waals surface area contributed by atoms with Gasteiger partial charge in [0.25, 0.3) is 0 Å². The smallest absolute Gasteiger partial charge is 0.143 e. The van der Waals surface area contributed by atoms with Crippen molar-refractivity contribution < 1.29 is 0 Å². The van der Waals surface area contributed by atoms with Crippen LogP contribution in [0.15, 0.2) is 75.1 Å². The van der Waals surface area contributed by atoms with Crippen LogP contribution in [0.3, 0.4) is 0 Å². The Hall–Kier alpha value is -3.74. The molecule has 3 aromatic carbocycles. The number of nitrogens with zero attached hydrogens (tertiary/aromatic N) is 7. The van der Waals surface area contributed by atoms with E-state index in [1.807, 2.05) is 54.6 Å². The molecule has 4 heterocycles. The molecule has 2 aromatic heterocycles. The summed E-state index contributed by atoms with van der Waals surface area (Å²) in [6.07, 6.45) is 0. The van der Waals surface area contributed by atoms with E-state index < -0.39 is 0 Å². The Morgan fingerprint density at radius 2 is 1.56 bits per heavy atom. The van der Waals surface area contributed by atoms with Crippen molar-refractivity contribution in [1.82, 2.24) is 14.8 Å². The predicted molar refractivity (Wildman–Crippen MR) is 93.5 cm³/mol. The molecular weight excluding hydrogens is 314 g/mol. The summed E-state index contributed by atoms with van der Waals surface area (Å²) in [5, 5.41) is 26.3. The highest BCUT2D eigenvalue weighted by molar-refractivity contribution is 5.95. The average Bonchev–Trinajstić information content (AvgIpc) is 2.76. The molecule has 0 radical (unpaired) electrons. The standard InChI is InChI=1S/C18H9N7/c1-4-12-5-2-10(1)19-24-18-16-8-6-13-17(18)23-22-14-9-11(20-21-13)3-7-15(14)25(12)16/h1-9H. The van der Waals surface area contributed by atoms with E-state index in [1.165, 1.54) is 0 Å². The lowest BCUT2D eigenvalue weighted by Gasteiger charge is -2.15. The number of rotatable bonds is 0. The van der Waals surface area contributed by atoms with Crippen molar-refractivity contribution in [2.75, 3.05) is 0 Å². The fourth-order valence-corrected chi connectivity index (χ4v) is 3.26. The minimum atomic E-state index is 0.575. The Balaban J connectivity index is 2.03. The van der Waals surface area contributed by atoms with Gasteiger partial charge in [-0.25, -0.2) is 0 Å². The van der Waals surface area contributed by atoms with Crippen molar-refractivity contribution in [2.45, 2.75) is 0 Å². The van der Waals surface area contributed by atoms with Gasteiger partial charge >= 0.3 is 0 Å². The minimum absolute atomic E-state index is 0.575. The summed E-state index contributed by atoms with van der Waals surface area (Å²) in [5.41, 5.74) is 6.90. The van der Waals surface area contributed by atoms with Crippen molar-refractivity contribution in [1.29, 1.82) is 0 Å². The van der Waals surface area contributed by atoms with Gasteiger partial charge in [0, 0.05) is 5.52 Å². The lowest BCUT2D eigenvalue weighted by atomic mass is 10.2. The molecular formula is C18H9N7. The van der Waals surface area contributed by atoms with Crippen LogP contribution in [0.4, 0.5) is 22.7 Å². The minimum Gasteiger partial charge on any atom is -0.306 e. The molecule has 5 aromatic rings. The van der Waals surface area contributed by atoms with Gasteiger partial charge in [0.1, 0.15) is 22.6 Å². The van der Waals surface area contributed by atoms with Crippen LogP contribution in [0.2, 0.25) is 0 Å². The summed E-state index contributed by atoms with van der Waals surface area (Å²) in [6.45, 7) is 0. The molecule has 0 N–H and O–H groups in total. The van der Waals surface area contributed by atoms with Crippen molar-refractivity contribution in [3.05, 3.63) is 54.6 Å². The number of aromatic nitrogens is 3. The van der Waals surface area contributed by atoms with E-state index in [0.717, 1.165) is 33.6 Å². The highest BCUT2D eigenvalue weighted by Crippen LogP contribution is 2.43. The number of hydrogen-bond acceptors (Lipinski definition) is 6. The Labute approximate surface area is 141 Å². The Morgan fingerprint density at radius 3 is 2.48 bits per heavy atom. The van der Waals surface area contributed by atoms with Crippen molar-refractivity contribution in [2.24, 2.45) is 20.5 Å². The summed E-state index contributed by atoms with van der Waals surface area (Å²) in [5.74, 6) is 0. The Kier molecular flexibility index (Phi) is 2.23. The van der Waals surface area contributed by atoms with Gasteiger partial charge in [-0.1, -0.05) is 0 Å². The van der Waals surface area contributed by atoms with E-state index >= 15 is 0 Å². The van der Waals surface area contributed by atoms with E-state index in [9.17, 15) is 0 Å². The SMILES string of the molecule is c1cc2c3cc1N=Nc1ccc4c(nnc5ccc(cc5)n4-2)c1N=N3. The third kappa shape index (κ3) is 1.69. The van der Waals surface area contributed by atoms with Gasteiger partial charge in [0.2, 0.25) is 0 Å². The molecule has 2 aliphatic rings. The molecule has 0 unspecified atom stereocenters. The van der Waals surface area contributed by atoms with Gasteiger partial charge in [-0.3, -0.25) is 0 Å². The van der Waals surface area contributed by atoms with Crippen molar-refractivity contribution >= 4 is 44.8 Å². The third-order valence-electron chi connectivity index (χ3n) is 4.45. The monoisotopic (exact) mass is 323 g/mol. The number of hydrogen-bond donors (Lipinski definition) is 0. The summed E-state index contributed by atoms with van der Waals surface area (Å²) < 4.78 is 2.12. The number of fused-ring (bicyclic) bond motifs is 4. The van der Waals surface area contributed by atoms with Crippen LogP contribution in [0.1, 0.15) is 0 Å². The zero-order valence-electron chi connectivity index (χ0n) is 12.8. The van der Waals surface area contributed by atoms with Crippen LogP contribution >= 0.6 is 0 Å². The largest absolute Gasteiger partial charge is 0.306 e. The second-order valence-electron chi connectivity index (χ2n) is 5.93. The Morgan fingerprint density at radius 1 is 0.680 bits per heavy atom. The second-order valence-corrected chi connectivity index (χ2v) is 5.93. The lowest BCUT2D eigenvalue weighted by molar-refractivity contribution is 1.09. The normalized spacial score (nSPS) is 13.3. The first-order chi connectivity index (χ1) is 12.4. The van der Waals surface area contributed by atoms with Crippen LogP contribution in [0, 0.1) is 0 Å². The van der Waals surface area contributed by atoms with E-state index in [1.54, 1.807) is 0 Å². The number of benzene rings is 3. The molecule has 0 aliphatic carbocycles. The van der Waals surface area contributed by atoms with Crippen molar-refractivity contribution in [3.63, 3.8) is 0 Å². The molecule has 116 valence electrons. The zero-order valence-corrected chi connectivity index (χ0v) is 12.8. The van der Waals surface area contributed by atoms with Crippen LogP contribution in [-0.4, -0.2) is 14.8 Å². The predicted octanol–water partition coefficient (Wildman–Crippen LogP) is 5.59. The maximum Gasteiger partial charge on any atom is 0.143 e. The van der Waals surface area contributed by atoms with Crippen molar-refractivity contribution in [3.8, 4) is 5.69 Å². The molecule has 8 bridgehead atoms. The second kappa shape index (κ2) is 4.41. The summed E-state index contributed by atoms with van der Waals surface area (Å²) >= 11 is 0. The van der Waals surface area contributed by atoms with Gasteiger partial charge in [-0.2, -0.15) is 10.2 Å². The molecule has 7 rings (SSSR count). The molecule has 0 saturated heterocycles. The highest BCUT2D eigenvalue weighted by Gasteiger charge is 2.18. The Bertz CT molecular complexity index is 1280. The zero-order chi connectivity index (χ0) is 16.4. The fourth-order valence-electron chi connectivity index (χ4n) is 3.26. The molecule has 0 amide bonds. The van der Waals surface area contributed by atoms with E-state index in [-0.39, 0.29) is 0 Å². The molecule has 0 saturated carbocycles. The van der Waals surface area contributed by atoms with E-state index in [4.69, 9.17) is 0 Å². The van der Waals surface area contributed by atoms with Gasteiger partial charge < -0.3 is 4.57 Å². The molecule has 7 nitrogen and oxygen atoms in total. The molecule has 0 spiro atoms. The summed E-state index contributed by atoms with van der Waals surface area (Å²) in [6, 6.07) is 17.6. The maximum absolute atomic E-state index is 4.47. The lowest BCUT2D eigenvalue weighted by Crippen LogP contribution is -1.98. The number of azo groups is 2. The summed E-state index contributed by atoms with van der Waals surface area (Å²) in [4.78, 5) is 0. The average molecular weight is 323 g/mol. The highest BCUT2D eigenvalue weighted by atomic mass is 15.2. The first-order valence-corrected chi connectivity index (χ1v) is 7.83. The van der Waals surface area contributed by atoms with Gasteiger partial charge in [-0.05, 0) is 54.6 Å². The first-order valence-electron chi connectivity index (χ1n) is 7.83. The first kappa shape index (κ1) is 12.7. The van der Waals surface area contributed by atoms with Crippen LogP contribution in [0.25, 0.3) is 27.8 Å². The van der Waals surface area contributed by atoms with Gasteiger partial charge in [-0.15, -0.1) is 20.4 Å². The van der Waals surface area contributed by atoms with Crippen LogP contribution in [-0.2, 0) is 0 Å². The van der Waals surface area contributed by atoms with Gasteiger partial charge in [0.05, 0.1) is 22.4 Å². The maximum atomic E-state index is 4.47. The molecule has 0 atom stereocenters. The molecule has 0 fully saturated rings. The molecule has 7 heteroatoms. The van der Waals surface area contributed by atoms with Crippen LogP contribution in [0.5, 0.6) is 0 Å². The van der Waals surface area contributed by atoms with E-state index in [2.05, 4.69) is 35.2 Å². The van der Waals surface area contributed by atoms with Crippen LogP contribution < -0.4 is 0 Å². The summed E-state index contributed by atoms with van der Waals surface area (Å²) in [7, 11) is 0.